The zero-order chi connectivity index (χ0) is 13.5. The van der Waals surface area contributed by atoms with Gasteiger partial charge < -0.3 is 14.5 Å². The summed E-state index contributed by atoms with van der Waals surface area (Å²) >= 11 is 0. The number of nitrogens with zero attached hydrogens (tertiary/aromatic N) is 1. The normalized spacial score (nSPS) is 27.8. The fraction of sp³-hybridized carbons (Fsp3) is 0.667. The summed E-state index contributed by atoms with van der Waals surface area (Å²) in [5.41, 5.74) is 0. The van der Waals surface area contributed by atoms with Crippen LogP contribution in [-0.2, 0) is 21.3 Å². The van der Waals surface area contributed by atoms with Crippen molar-refractivity contribution in [3.8, 4) is 0 Å². The standard InChI is InChI=1S/C12H18N2O4S/c1-13-6-9-4-5-12(18-9)19(15,16)14-7-10-2-3-11(8-14)17-10/h4-5,10-11,13H,2-3,6-8H2,1H3. The lowest BCUT2D eigenvalue weighted by atomic mass is 10.2. The summed E-state index contributed by atoms with van der Waals surface area (Å²) in [7, 11) is -1.74. The van der Waals surface area contributed by atoms with E-state index in [2.05, 4.69) is 5.32 Å². The van der Waals surface area contributed by atoms with Crippen molar-refractivity contribution in [3.05, 3.63) is 17.9 Å². The molecule has 3 heterocycles. The van der Waals surface area contributed by atoms with Crippen molar-refractivity contribution in [2.45, 2.75) is 36.7 Å². The van der Waals surface area contributed by atoms with E-state index in [1.807, 2.05) is 0 Å². The number of fused-ring (bicyclic) bond motifs is 2. The van der Waals surface area contributed by atoms with Gasteiger partial charge in [-0.25, -0.2) is 8.42 Å². The highest BCUT2D eigenvalue weighted by Gasteiger charge is 2.40. The molecule has 1 aromatic heterocycles. The summed E-state index contributed by atoms with van der Waals surface area (Å²) in [4.78, 5) is 0. The van der Waals surface area contributed by atoms with Gasteiger partial charge in [0.05, 0.1) is 18.8 Å². The van der Waals surface area contributed by atoms with Gasteiger partial charge in [0, 0.05) is 13.1 Å². The summed E-state index contributed by atoms with van der Waals surface area (Å²) in [5, 5.41) is 2.96. The molecule has 0 aliphatic carbocycles. The maximum atomic E-state index is 12.5. The molecule has 0 saturated carbocycles. The fourth-order valence-corrected chi connectivity index (χ4v) is 4.10. The number of nitrogens with one attached hydrogen (secondary N) is 1. The Morgan fingerprint density at radius 2 is 2.00 bits per heavy atom. The lowest BCUT2D eigenvalue weighted by molar-refractivity contribution is -0.0118. The number of morpholine rings is 1. The molecule has 6 nitrogen and oxygen atoms in total. The van der Waals surface area contributed by atoms with Crippen molar-refractivity contribution in [3.63, 3.8) is 0 Å². The lowest BCUT2D eigenvalue weighted by Crippen LogP contribution is -2.45. The molecule has 2 unspecified atom stereocenters. The zero-order valence-corrected chi connectivity index (χ0v) is 11.6. The van der Waals surface area contributed by atoms with Crippen LogP contribution in [0.3, 0.4) is 0 Å². The van der Waals surface area contributed by atoms with E-state index < -0.39 is 10.0 Å². The Morgan fingerprint density at radius 1 is 1.32 bits per heavy atom. The summed E-state index contributed by atoms with van der Waals surface area (Å²) in [6, 6.07) is 3.22. The van der Waals surface area contributed by atoms with Crippen LogP contribution in [0.25, 0.3) is 0 Å². The first-order valence-corrected chi connectivity index (χ1v) is 7.92. The minimum absolute atomic E-state index is 0.0269. The molecule has 2 bridgehead atoms. The topological polar surface area (TPSA) is 71.8 Å². The highest BCUT2D eigenvalue weighted by Crippen LogP contribution is 2.30. The Labute approximate surface area is 112 Å². The van der Waals surface area contributed by atoms with Crippen LogP contribution in [0.2, 0.25) is 0 Å². The van der Waals surface area contributed by atoms with E-state index in [1.54, 1.807) is 13.1 Å². The Kier molecular flexibility index (Phi) is 3.38. The molecule has 2 atom stereocenters. The Balaban J connectivity index is 1.81. The average Bonchev–Trinajstić information content (AvgIpc) is 2.97. The molecule has 1 aromatic rings. The Bertz CT molecular complexity index is 542. The molecule has 3 rings (SSSR count). The molecular formula is C12H18N2O4S. The monoisotopic (exact) mass is 286 g/mol. The van der Waals surface area contributed by atoms with Crippen LogP contribution in [-0.4, -0.2) is 45.1 Å². The predicted molar refractivity (Wildman–Crippen MR) is 68.1 cm³/mol. The van der Waals surface area contributed by atoms with E-state index in [4.69, 9.17) is 9.15 Å². The molecule has 2 saturated heterocycles. The molecule has 2 fully saturated rings. The van der Waals surface area contributed by atoms with Gasteiger partial charge >= 0.3 is 0 Å². The minimum Gasteiger partial charge on any atom is -0.447 e. The van der Waals surface area contributed by atoms with Gasteiger partial charge in [-0.3, -0.25) is 0 Å². The first-order chi connectivity index (χ1) is 9.09. The molecule has 0 amide bonds. The van der Waals surface area contributed by atoms with Gasteiger partial charge in [-0.15, -0.1) is 0 Å². The van der Waals surface area contributed by atoms with E-state index in [1.165, 1.54) is 10.4 Å². The molecule has 0 spiro atoms. The predicted octanol–water partition coefficient (Wildman–Crippen LogP) is 0.551. The molecule has 0 radical (unpaired) electrons. The molecule has 106 valence electrons. The summed E-state index contributed by atoms with van der Waals surface area (Å²) in [6.45, 7) is 1.38. The van der Waals surface area contributed by atoms with Crippen molar-refractivity contribution >= 4 is 10.0 Å². The van der Waals surface area contributed by atoms with E-state index in [-0.39, 0.29) is 17.3 Å². The summed E-state index contributed by atoms with van der Waals surface area (Å²) in [6.07, 6.45) is 1.97. The highest BCUT2D eigenvalue weighted by molar-refractivity contribution is 7.89. The smallest absolute Gasteiger partial charge is 0.276 e. The van der Waals surface area contributed by atoms with Crippen molar-refractivity contribution in [2.75, 3.05) is 20.1 Å². The van der Waals surface area contributed by atoms with E-state index in [9.17, 15) is 8.42 Å². The number of hydrogen-bond acceptors (Lipinski definition) is 5. The molecule has 7 heteroatoms. The first kappa shape index (κ1) is 13.1. The van der Waals surface area contributed by atoms with Crippen LogP contribution in [0.4, 0.5) is 0 Å². The minimum atomic E-state index is -3.53. The number of rotatable bonds is 4. The number of furan rings is 1. The van der Waals surface area contributed by atoms with Crippen LogP contribution in [0, 0.1) is 0 Å². The van der Waals surface area contributed by atoms with Gasteiger partial charge in [0.15, 0.2) is 0 Å². The van der Waals surface area contributed by atoms with Crippen LogP contribution < -0.4 is 5.32 Å². The summed E-state index contributed by atoms with van der Waals surface area (Å²) in [5.74, 6) is 0.623. The number of sulfonamides is 1. The van der Waals surface area contributed by atoms with Crippen LogP contribution in [0.15, 0.2) is 21.6 Å². The highest BCUT2D eigenvalue weighted by atomic mass is 32.2. The molecule has 19 heavy (non-hydrogen) atoms. The second kappa shape index (κ2) is 4.90. The third-order valence-electron chi connectivity index (χ3n) is 3.59. The fourth-order valence-electron chi connectivity index (χ4n) is 2.67. The lowest BCUT2D eigenvalue weighted by Gasteiger charge is -2.30. The van der Waals surface area contributed by atoms with Gasteiger partial charge in [0.2, 0.25) is 5.09 Å². The van der Waals surface area contributed by atoms with Crippen molar-refractivity contribution in [1.29, 1.82) is 0 Å². The Morgan fingerprint density at radius 3 is 2.63 bits per heavy atom. The number of ether oxygens (including phenoxy) is 1. The van der Waals surface area contributed by atoms with Gasteiger partial charge in [-0.05, 0) is 32.0 Å². The van der Waals surface area contributed by atoms with Crippen LogP contribution in [0.5, 0.6) is 0 Å². The third-order valence-corrected chi connectivity index (χ3v) is 5.30. The molecule has 0 aromatic carbocycles. The number of hydrogen-bond donors (Lipinski definition) is 1. The van der Waals surface area contributed by atoms with E-state index >= 15 is 0 Å². The van der Waals surface area contributed by atoms with Crippen molar-refractivity contribution in [2.24, 2.45) is 0 Å². The molecule has 1 N–H and O–H groups in total. The van der Waals surface area contributed by atoms with Crippen LogP contribution >= 0.6 is 0 Å². The maximum absolute atomic E-state index is 12.5. The average molecular weight is 286 g/mol. The molecule has 2 aliphatic rings. The second-order valence-corrected chi connectivity index (χ2v) is 6.90. The van der Waals surface area contributed by atoms with Gasteiger partial charge in [-0.2, -0.15) is 4.31 Å². The largest absolute Gasteiger partial charge is 0.447 e. The third kappa shape index (κ3) is 2.43. The zero-order valence-electron chi connectivity index (χ0n) is 10.8. The quantitative estimate of drug-likeness (QED) is 0.875. The Hall–Kier alpha value is -0.890. The van der Waals surface area contributed by atoms with E-state index in [0.29, 0.717) is 25.4 Å². The maximum Gasteiger partial charge on any atom is 0.276 e. The molecular weight excluding hydrogens is 268 g/mol. The first-order valence-electron chi connectivity index (χ1n) is 6.48. The van der Waals surface area contributed by atoms with Gasteiger partial charge in [0.25, 0.3) is 10.0 Å². The second-order valence-electron chi connectivity index (χ2n) is 5.03. The van der Waals surface area contributed by atoms with Crippen LogP contribution in [0.1, 0.15) is 18.6 Å². The van der Waals surface area contributed by atoms with Gasteiger partial charge in [0.1, 0.15) is 5.76 Å². The van der Waals surface area contributed by atoms with Gasteiger partial charge in [-0.1, -0.05) is 0 Å². The summed E-state index contributed by atoms with van der Waals surface area (Å²) < 4.78 is 37.5. The van der Waals surface area contributed by atoms with Crippen molar-refractivity contribution < 1.29 is 17.6 Å². The van der Waals surface area contributed by atoms with E-state index in [0.717, 1.165) is 12.8 Å². The van der Waals surface area contributed by atoms with Crippen molar-refractivity contribution in [1.82, 2.24) is 9.62 Å². The SMILES string of the molecule is CNCc1ccc(S(=O)(=O)N2CC3CCC(C2)O3)o1. The molecule has 2 aliphatic heterocycles.